The van der Waals surface area contributed by atoms with Crippen LogP contribution in [0.25, 0.3) is 16.0 Å². The van der Waals surface area contributed by atoms with E-state index in [0.29, 0.717) is 26.2 Å². The van der Waals surface area contributed by atoms with Gasteiger partial charge in [0.25, 0.3) is 5.56 Å². The van der Waals surface area contributed by atoms with Crippen molar-refractivity contribution in [3.05, 3.63) is 74.9 Å². The van der Waals surface area contributed by atoms with E-state index in [1.807, 2.05) is 12.3 Å². The third kappa shape index (κ3) is 4.00. The number of nitrogens with one attached hydrogen (secondary N) is 1. The van der Waals surface area contributed by atoms with Gasteiger partial charge in [0.1, 0.15) is 11.2 Å². The number of hydrogen-bond acceptors (Lipinski definition) is 8. The Morgan fingerprint density at radius 1 is 1.15 bits per heavy atom. The topological polar surface area (TPSA) is 104 Å². The summed E-state index contributed by atoms with van der Waals surface area (Å²) in [5.74, 6) is 0.907. The molecule has 0 saturated heterocycles. The molecule has 9 nitrogen and oxygen atoms in total. The summed E-state index contributed by atoms with van der Waals surface area (Å²) in [7, 11) is 0. The lowest BCUT2D eigenvalue weighted by molar-refractivity contribution is -0.121. The molecule has 1 N–H and O–H groups in total. The zero-order valence-electron chi connectivity index (χ0n) is 17.4. The fourth-order valence-corrected chi connectivity index (χ4v) is 4.99. The number of ether oxygens (including phenoxy) is 2. The maximum Gasteiger partial charge on any atom is 0.337 e. The summed E-state index contributed by atoms with van der Waals surface area (Å²) in [6.07, 6.45) is 1.84. The molecule has 3 heterocycles. The summed E-state index contributed by atoms with van der Waals surface area (Å²) < 4.78 is 14.0. The lowest BCUT2D eigenvalue weighted by Gasteiger charge is -2.12. The molecule has 0 atom stereocenters. The molecular weight excluding hydrogens is 464 g/mol. The number of carbonyl (C=O) groups excluding carboxylic acids is 1. The second-order valence-electron chi connectivity index (χ2n) is 7.15. The van der Waals surface area contributed by atoms with Gasteiger partial charge in [0, 0.05) is 6.54 Å². The normalized spacial score (nSPS) is 12.3. The summed E-state index contributed by atoms with van der Waals surface area (Å²) in [5.41, 5.74) is 0.413. The van der Waals surface area contributed by atoms with E-state index in [2.05, 4.69) is 10.3 Å². The molecular formula is C22H18N4O5S2. The number of fused-ring (bicyclic) bond motifs is 2. The van der Waals surface area contributed by atoms with Crippen LogP contribution in [0.5, 0.6) is 11.5 Å². The molecule has 0 spiro atoms. The van der Waals surface area contributed by atoms with Gasteiger partial charge in [-0.1, -0.05) is 36.0 Å². The Hall–Kier alpha value is -3.57. The Morgan fingerprint density at radius 3 is 2.73 bits per heavy atom. The van der Waals surface area contributed by atoms with Crippen molar-refractivity contribution in [2.24, 2.45) is 0 Å². The molecule has 4 aromatic rings. The summed E-state index contributed by atoms with van der Waals surface area (Å²) >= 11 is 2.58. The van der Waals surface area contributed by atoms with Crippen LogP contribution in [-0.2, 0) is 17.9 Å². The van der Waals surface area contributed by atoms with Gasteiger partial charge in [-0.2, -0.15) is 0 Å². The molecule has 0 fully saturated rings. The number of nitrogens with zero attached hydrogens (tertiary/aromatic N) is 3. The van der Waals surface area contributed by atoms with Gasteiger partial charge in [0.05, 0.1) is 5.69 Å². The molecule has 5 rings (SSSR count). The number of benzene rings is 2. The predicted molar refractivity (Wildman–Crippen MR) is 126 cm³/mol. The second-order valence-corrected chi connectivity index (χ2v) is 9.20. The van der Waals surface area contributed by atoms with E-state index >= 15 is 0 Å². The molecule has 168 valence electrons. The van der Waals surface area contributed by atoms with Crippen molar-refractivity contribution < 1.29 is 14.3 Å². The van der Waals surface area contributed by atoms with Crippen LogP contribution in [0, 0.1) is 0 Å². The van der Waals surface area contributed by atoms with Crippen molar-refractivity contribution in [2.75, 3.05) is 13.0 Å². The van der Waals surface area contributed by atoms with Crippen molar-refractivity contribution in [1.82, 2.24) is 19.4 Å². The Bertz CT molecular complexity index is 1480. The van der Waals surface area contributed by atoms with Crippen LogP contribution in [-0.4, -0.2) is 33.1 Å². The van der Waals surface area contributed by atoms with Crippen LogP contribution >= 0.6 is 23.1 Å². The van der Waals surface area contributed by atoms with Crippen LogP contribution in [0.2, 0.25) is 0 Å². The summed E-state index contributed by atoms with van der Waals surface area (Å²) in [5, 5.41) is 2.81. The molecule has 11 heteroatoms. The number of rotatable bonds is 6. The quantitative estimate of drug-likeness (QED) is 0.421. The highest BCUT2D eigenvalue weighted by atomic mass is 32.2. The van der Waals surface area contributed by atoms with E-state index in [-0.39, 0.29) is 31.4 Å². The van der Waals surface area contributed by atoms with Crippen molar-refractivity contribution in [1.29, 1.82) is 0 Å². The molecule has 1 aliphatic heterocycles. The fraction of sp³-hybridized carbons (Fsp3) is 0.182. The number of thiazole rings is 1. The maximum atomic E-state index is 13.3. The van der Waals surface area contributed by atoms with Crippen LogP contribution < -0.4 is 26.0 Å². The van der Waals surface area contributed by atoms with Gasteiger partial charge in [0.2, 0.25) is 12.7 Å². The van der Waals surface area contributed by atoms with Gasteiger partial charge in [-0.15, -0.1) is 11.3 Å². The van der Waals surface area contributed by atoms with Gasteiger partial charge >= 0.3 is 5.69 Å². The molecule has 33 heavy (non-hydrogen) atoms. The van der Waals surface area contributed by atoms with Crippen molar-refractivity contribution in [3.8, 4) is 17.2 Å². The van der Waals surface area contributed by atoms with Crippen LogP contribution in [0.15, 0.2) is 62.5 Å². The summed E-state index contributed by atoms with van der Waals surface area (Å²) in [6, 6.07) is 14.1. The van der Waals surface area contributed by atoms with Crippen molar-refractivity contribution >= 4 is 39.4 Å². The van der Waals surface area contributed by atoms with Gasteiger partial charge in [0.15, 0.2) is 21.5 Å². The minimum atomic E-state index is -0.616. The number of aromatic nitrogens is 3. The number of amides is 1. The van der Waals surface area contributed by atoms with E-state index < -0.39 is 11.2 Å². The Balaban J connectivity index is 1.48. The standard InChI is InChI=1S/C22H18N4O5S2/c1-32-21-24-19-18(33-21)20(28)26(14-5-3-2-4-6-14)22(29)25(19)11-17(27)23-10-13-7-8-15-16(9-13)31-12-30-15/h2-9H,10-12H2,1H3,(H,23,27). The van der Waals surface area contributed by atoms with E-state index in [0.717, 1.165) is 10.1 Å². The highest BCUT2D eigenvalue weighted by molar-refractivity contribution is 8.00. The first-order valence-corrected chi connectivity index (χ1v) is 12.0. The monoisotopic (exact) mass is 482 g/mol. The van der Waals surface area contributed by atoms with Crippen LogP contribution in [0.1, 0.15) is 5.56 Å². The van der Waals surface area contributed by atoms with Crippen LogP contribution in [0.4, 0.5) is 0 Å². The smallest absolute Gasteiger partial charge is 0.337 e. The summed E-state index contributed by atoms with van der Waals surface area (Å²) in [4.78, 5) is 43.6. The van der Waals surface area contributed by atoms with Crippen molar-refractivity contribution in [2.45, 2.75) is 17.4 Å². The Labute approximate surface area is 195 Å². The third-order valence-electron chi connectivity index (χ3n) is 5.08. The third-order valence-corrected chi connectivity index (χ3v) is 7.10. The van der Waals surface area contributed by atoms with Gasteiger partial charge in [-0.25, -0.2) is 14.3 Å². The molecule has 0 unspecified atom stereocenters. The SMILES string of the molecule is CSc1nc2c(s1)c(=O)n(-c1ccccc1)c(=O)n2CC(=O)NCc1ccc2c(c1)OCO2. The van der Waals surface area contributed by atoms with Crippen molar-refractivity contribution in [3.63, 3.8) is 0 Å². The second kappa shape index (κ2) is 8.75. The molecule has 1 amide bonds. The number of para-hydroxylation sites is 1. The molecule has 0 saturated carbocycles. The largest absolute Gasteiger partial charge is 0.454 e. The molecule has 1 aliphatic rings. The molecule has 0 radical (unpaired) electrons. The number of carbonyl (C=O) groups is 1. The van der Waals surface area contributed by atoms with Gasteiger partial charge in [-0.3, -0.25) is 14.2 Å². The minimum absolute atomic E-state index is 0.173. The highest BCUT2D eigenvalue weighted by Crippen LogP contribution is 2.32. The maximum absolute atomic E-state index is 13.3. The van der Waals surface area contributed by atoms with E-state index in [9.17, 15) is 14.4 Å². The first kappa shape index (κ1) is 21.3. The van der Waals surface area contributed by atoms with E-state index in [1.165, 1.54) is 27.7 Å². The minimum Gasteiger partial charge on any atom is -0.454 e. The Kier molecular flexibility index (Phi) is 5.65. The lowest BCUT2D eigenvalue weighted by atomic mass is 10.2. The highest BCUT2D eigenvalue weighted by Gasteiger charge is 2.20. The van der Waals surface area contributed by atoms with E-state index in [4.69, 9.17) is 9.47 Å². The van der Waals surface area contributed by atoms with Gasteiger partial charge < -0.3 is 14.8 Å². The molecule has 2 aromatic heterocycles. The van der Waals surface area contributed by atoms with Gasteiger partial charge in [-0.05, 0) is 36.1 Å². The molecule has 2 aromatic carbocycles. The summed E-state index contributed by atoms with van der Waals surface area (Å²) in [6.45, 7) is 0.149. The fourth-order valence-electron chi connectivity index (χ4n) is 3.50. The van der Waals surface area contributed by atoms with Crippen LogP contribution in [0.3, 0.4) is 0 Å². The first-order chi connectivity index (χ1) is 16.0. The Morgan fingerprint density at radius 2 is 1.94 bits per heavy atom. The molecule has 0 aliphatic carbocycles. The molecule has 0 bridgehead atoms. The zero-order chi connectivity index (χ0) is 22.9. The lowest BCUT2D eigenvalue weighted by Crippen LogP contribution is -2.41. The number of hydrogen-bond donors (Lipinski definition) is 1. The predicted octanol–water partition coefficient (Wildman–Crippen LogP) is 2.38. The van der Waals surface area contributed by atoms with E-state index in [1.54, 1.807) is 42.5 Å². The number of thioether (sulfide) groups is 1. The first-order valence-electron chi connectivity index (χ1n) is 9.96. The zero-order valence-corrected chi connectivity index (χ0v) is 19.1. The average molecular weight is 483 g/mol. The average Bonchev–Trinajstić information content (AvgIpc) is 3.48.